The molecule has 0 spiro atoms. The number of nitrogens with one attached hydrogen (secondary N) is 2. The number of aryl methyl sites for hydroxylation is 1. The summed E-state index contributed by atoms with van der Waals surface area (Å²) in [5.74, 6) is 1.33. The van der Waals surface area contributed by atoms with E-state index in [-0.39, 0.29) is 5.91 Å². The number of benzene rings is 1. The minimum Gasteiger partial charge on any atom is -0.321 e. The molecule has 2 N–H and O–H groups in total. The quantitative estimate of drug-likeness (QED) is 0.828. The molecule has 0 radical (unpaired) electrons. The molecule has 1 unspecified atom stereocenters. The highest BCUT2D eigenvalue weighted by atomic mass is 32.1. The zero-order chi connectivity index (χ0) is 18.3. The Bertz CT molecular complexity index is 806. The summed E-state index contributed by atoms with van der Waals surface area (Å²) in [5, 5.41) is 5.48. The van der Waals surface area contributed by atoms with Crippen LogP contribution in [0.25, 0.3) is 0 Å². The van der Waals surface area contributed by atoms with Crippen LogP contribution in [-0.2, 0) is 11.2 Å². The summed E-state index contributed by atoms with van der Waals surface area (Å²) in [6.45, 7) is 8.10. The van der Waals surface area contributed by atoms with Gasteiger partial charge in [-0.25, -0.2) is 0 Å². The number of carbonyl (C=O) groups is 1. The second-order valence-corrected chi connectivity index (χ2v) is 9.19. The van der Waals surface area contributed by atoms with E-state index in [1.54, 1.807) is 4.88 Å². The molecule has 2 aliphatic rings. The molecule has 4 rings (SSSR count). The van der Waals surface area contributed by atoms with Crippen LogP contribution in [0.1, 0.15) is 60.2 Å². The Morgan fingerprint density at radius 3 is 2.85 bits per heavy atom. The van der Waals surface area contributed by atoms with Crippen molar-refractivity contribution >= 4 is 22.9 Å². The fraction of sp³-hybridized carbons (Fsp3) is 0.500. The average Bonchev–Trinajstić information content (AvgIpc) is 3.32. The summed E-state index contributed by atoms with van der Waals surface area (Å²) in [6, 6.07) is 9.12. The van der Waals surface area contributed by atoms with Gasteiger partial charge in [-0.1, -0.05) is 32.0 Å². The molecule has 138 valence electrons. The maximum atomic E-state index is 12.9. The van der Waals surface area contributed by atoms with Crippen molar-refractivity contribution in [1.29, 1.82) is 0 Å². The molecule has 4 heteroatoms. The second-order valence-electron chi connectivity index (χ2n) is 8.19. The Labute approximate surface area is 160 Å². The van der Waals surface area contributed by atoms with E-state index in [0.29, 0.717) is 18.5 Å². The highest BCUT2D eigenvalue weighted by molar-refractivity contribution is 7.10. The Balaban J connectivity index is 1.51. The predicted molar refractivity (Wildman–Crippen MR) is 108 cm³/mol. The van der Waals surface area contributed by atoms with Gasteiger partial charge in [-0.15, -0.1) is 11.3 Å². The minimum atomic E-state index is 0.153. The van der Waals surface area contributed by atoms with Crippen LogP contribution in [-0.4, -0.2) is 19.0 Å². The molecule has 2 atom stereocenters. The van der Waals surface area contributed by atoms with Gasteiger partial charge in [0, 0.05) is 28.5 Å². The number of carbonyl (C=O) groups excluding carboxylic acids is 1. The van der Waals surface area contributed by atoms with Gasteiger partial charge >= 0.3 is 0 Å². The average molecular weight is 370 g/mol. The molecule has 1 aromatic carbocycles. The lowest BCUT2D eigenvalue weighted by atomic mass is 9.95. The molecule has 1 aliphatic carbocycles. The lowest BCUT2D eigenvalue weighted by molar-refractivity contribution is -0.928. The topological polar surface area (TPSA) is 33.5 Å². The van der Waals surface area contributed by atoms with E-state index in [1.807, 2.05) is 11.3 Å². The van der Waals surface area contributed by atoms with Gasteiger partial charge in [0.25, 0.3) is 5.91 Å². The second kappa shape index (κ2) is 7.16. The summed E-state index contributed by atoms with van der Waals surface area (Å²) in [5.41, 5.74) is 4.91. The number of para-hydroxylation sites is 1. The molecule has 0 bridgehead atoms. The molecule has 1 amide bonds. The summed E-state index contributed by atoms with van der Waals surface area (Å²) >= 11 is 1.89. The van der Waals surface area contributed by atoms with Crippen molar-refractivity contribution in [3.05, 3.63) is 51.2 Å². The molecule has 1 aliphatic heterocycles. The van der Waals surface area contributed by atoms with Gasteiger partial charge in [-0.3, -0.25) is 4.79 Å². The minimum absolute atomic E-state index is 0.153. The third-order valence-corrected chi connectivity index (χ3v) is 6.90. The SMILES string of the molecule is Cc1cccc(C(C)C)c1NC(=O)C[NH+]1CCc2sccc2[C@@H]1C1CC1. The Morgan fingerprint density at radius 2 is 2.12 bits per heavy atom. The first-order valence-corrected chi connectivity index (χ1v) is 10.7. The van der Waals surface area contributed by atoms with Crippen LogP contribution in [0.3, 0.4) is 0 Å². The van der Waals surface area contributed by atoms with Crippen LogP contribution >= 0.6 is 11.3 Å². The molecule has 1 saturated carbocycles. The highest BCUT2D eigenvalue weighted by Crippen LogP contribution is 2.42. The van der Waals surface area contributed by atoms with Gasteiger partial charge in [0.1, 0.15) is 6.04 Å². The first-order chi connectivity index (χ1) is 12.5. The van der Waals surface area contributed by atoms with E-state index in [0.717, 1.165) is 30.1 Å². The first kappa shape index (κ1) is 17.7. The Morgan fingerprint density at radius 1 is 1.31 bits per heavy atom. The van der Waals surface area contributed by atoms with Gasteiger partial charge in [0.15, 0.2) is 6.54 Å². The van der Waals surface area contributed by atoms with Crippen LogP contribution in [0.15, 0.2) is 29.6 Å². The van der Waals surface area contributed by atoms with Crippen molar-refractivity contribution in [2.75, 3.05) is 18.4 Å². The van der Waals surface area contributed by atoms with E-state index in [2.05, 4.69) is 55.7 Å². The number of quaternary nitrogens is 1. The van der Waals surface area contributed by atoms with Crippen molar-refractivity contribution in [3.8, 4) is 0 Å². The van der Waals surface area contributed by atoms with Gasteiger partial charge in [-0.2, -0.15) is 0 Å². The van der Waals surface area contributed by atoms with E-state index in [1.165, 1.54) is 28.9 Å². The largest absolute Gasteiger partial charge is 0.321 e. The Kier molecular flexibility index (Phi) is 4.89. The van der Waals surface area contributed by atoms with Gasteiger partial charge in [0.05, 0.1) is 6.54 Å². The summed E-state index contributed by atoms with van der Waals surface area (Å²) in [4.78, 5) is 15.9. The molecule has 26 heavy (non-hydrogen) atoms. The van der Waals surface area contributed by atoms with Crippen molar-refractivity contribution in [1.82, 2.24) is 0 Å². The normalized spacial score (nSPS) is 22.3. The number of anilines is 1. The van der Waals surface area contributed by atoms with Crippen LogP contribution in [0, 0.1) is 12.8 Å². The van der Waals surface area contributed by atoms with Crippen LogP contribution in [0.2, 0.25) is 0 Å². The zero-order valence-electron chi connectivity index (χ0n) is 16.0. The smallest absolute Gasteiger partial charge is 0.279 e. The van der Waals surface area contributed by atoms with Crippen LogP contribution < -0.4 is 10.2 Å². The number of fused-ring (bicyclic) bond motifs is 1. The molecular weight excluding hydrogens is 340 g/mol. The summed E-state index contributed by atoms with van der Waals surface area (Å²) in [6.07, 6.45) is 3.75. The molecule has 2 aromatic rings. The van der Waals surface area contributed by atoms with Crippen molar-refractivity contribution in [2.24, 2.45) is 5.92 Å². The number of thiophene rings is 1. The number of rotatable bonds is 5. The van der Waals surface area contributed by atoms with E-state index in [4.69, 9.17) is 0 Å². The standard InChI is InChI=1S/C22H28N2OS/c1-14(2)17-6-4-5-15(3)21(17)23-20(25)13-24-11-9-19-18(10-12-26-19)22(24)16-7-8-16/h4-6,10,12,14,16,22H,7-9,11,13H2,1-3H3,(H,23,25)/p+1/t22-/m0/s1. The van der Waals surface area contributed by atoms with Crippen molar-refractivity contribution in [3.63, 3.8) is 0 Å². The molecule has 2 heterocycles. The first-order valence-electron chi connectivity index (χ1n) is 9.84. The lowest BCUT2D eigenvalue weighted by Crippen LogP contribution is -3.14. The highest BCUT2D eigenvalue weighted by Gasteiger charge is 2.43. The third kappa shape index (κ3) is 3.45. The third-order valence-electron chi connectivity index (χ3n) is 5.90. The summed E-state index contributed by atoms with van der Waals surface area (Å²) in [7, 11) is 0. The molecule has 3 nitrogen and oxygen atoms in total. The molecular formula is C22H29N2OS+. The molecule has 1 fully saturated rings. The number of hydrogen-bond acceptors (Lipinski definition) is 2. The monoisotopic (exact) mass is 369 g/mol. The molecule has 0 saturated heterocycles. The van der Waals surface area contributed by atoms with Gasteiger partial charge in [-0.05, 0) is 48.3 Å². The van der Waals surface area contributed by atoms with E-state index >= 15 is 0 Å². The number of amides is 1. The number of hydrogen-bond donors (Lipinski definition) is 2. The summed E-state index contributed by atoms with van der Waals surface area (Å²) < 4.78 is 0. The Hall–Kier alpha value is -1.65. The van der Waals surface area contributed by atoms with Crippen LogP contribution in [0.4, 0.5) is 5.69 Å². The predicted octanol–water partition coefficient (Wildman–Crippen LogP) is 3.71. The zero-order valence-corrected chi connectivity index (χ0v) is 16.8. The maximum Gasteiger partial charge on any atom is 0.279 e. The van der Waals surface area contributed by atoms with Crippen molar-refractivity contribution in [2.45, 2.75) is 52.0 Å². The fourth-order valence-corrected chi connectivity index (χ4v) is 5.36. The lowest BCUT2D eigenvalue weighted by Gasteiger charge is -2.32. The van der Waals surface area contributed by atoms with Gasteiger partial charge in [0.2, 0.25) is 0 Å². The van der Waals surface area contributed by atoms with Gasteiger partial charge < -0.3 is 10.2 Å². The fourth-order valence-electron chi connectivity index (χ4n) is 4.43. The van der Waals surface area contributed by atoms with E-state index < -0.39 is 0 Å². The molecule has 1 aromatic heterocycles. The van der Waals surface area contributed by atoms with Crippen molar-refractivity contribution < 1.29 is 9.69 Å². The maximum absolute atomic E-state index is 12.9. The van der Waals surface area contributed by atoms with E-state index in [9.17, 15) is 4.79 Å². The van der Waals surface area contributed by atoms with Crippen LogP contribution in [0.5, 0.6) is 0 Å².